The summed E-state index contributed by atoms with van der Waals surface area (Å²) in [6, 6.07) is 0.717. The quantitative estimate of drug-likeness (QED) is 0.781. The highest BCUT2D eigenvalue weighted by atomic mass is 16.5. The lowest BCUT2D eigenvalue weighted by atomic mass is 10.1. The molecule has 2 bridgehead atoms. The van der Waals surface area contributed by atoms with E-state index in [2.05, 4.69) is 4.90 Å². The topological polar surface area (TPSA) is 21.7 Å². The number of hydrogen-bond acceptors (Lipinski definition) is 3. The molecule has 0 amide bonds. The van der Waals surface area contributed by atoms with Gasteiger partial charge >= 0.3 is 0 Å². The first kappa shape index (κ1) is 19.9. The Morgan fingerprint density at radius 1 is 1.10 bits per heavy atom. The summed E-state index contributed by atoms with van der Waals surface area (Å²) in [7, 11) is 1.82. The van der Waals surface area contributed by atoms with Crippen LogP contribution in [0.3, 0.4) is 0 Å². The fraction of sp³-hybridized carbons (Fsp3) is 1.00. The van der Waals surface area contributed by atoms with Crippen molar-refractivity contribution in [1.29, 1.82) is 0 Å². The summed E-state index contributed by atoms with van der Waals surface area (Å²) in [4.78, 5) is 2.63. The third-order valence-electron chi connectivity index (χ3n) is 3.96. The molecule has 2 heterocycles. The number of ether oxygens (including phenoxy) is 2. The molecule has 0 N–H and O–H groups in total. The number of morpholine rings is 1. The van der Waals surface area contributed by atoms with Gasteiger partial charge in [-0.3, -0.25) is 4.90 Å². The summed E-state index contributed by atoms with van der Waals surface area (Å²) in [5.41, 5.74) is 0.513. The van der Waals surface area contributed by atoms with Crippen molar-refractivity contribution in [2.75, 3.05) is 33.4 Å². The lowest BCUT2D eigenvalue weighted by Gasteiger charge is -2.30. The molecule has 2 saturated heterocycles. The summed E-state index contributed by atoms with van der Waals surface area (Å²) in [5.74, 6) is 0. The number of likely N-dealkylation sites (tertiary alicyclic amines) is 1. The summed E-state index contributed by atoms with van der Waals surface area (Å²) in [6.45, 7) is 16.3. The van der Waals surface area contributed by atoms with Gasteiger partial charge in [0, 0.05) is 31.7 Å². The first-order valence-electron chi connectivity index (χ1n) is 8.66. The number of fused-ring (bicyclic) bond motifs is 2. The molecular weight excluding hydrogens is 250 g/mol. The van der Waals surface area contributed by atoms with E-state index in [1.165, 1.54) is 25.8 Å². The fourth-order valence-corrected chi connectivity index (χ4v) is 2.93. The Morgan fingerprint density at radius 3 is 2.05 bits per heavy atom. The van der Waals surface area contributed by atoms with E-state index in [4.69, 9.17) is 9.47 Å². The minimum Gasteiger partial charge on any atom is -0.384 e. The normalized spacial score (nSPS) is 28.4. The number of rotatable bonds is 4. The molecule has 2 atom stereocenters. The van der Waals surface area contributed by atoms with Crippen LogP contribution in [0.4, 0.5) is 0 Å². The number of hydrogen-bond donors (Lipinski definition) is 0. The van der Waals surface area contributed by atoms with Gasteiger partial charge in [0.05, 0.1) is 19.3 Å². The van der Waals surface area contributed by atoms with E-state index in [-0.39, 0.29) is 0 Å². The Labute approximate surface area is 127 Å². The molecular formula is C17H37NO2. The second-order valence-corrected chi connectivity index (χ2v) is 5.21. The standard InChI is InChI=1S/C11H19NO2.3C2H6/c1-13-8-11(2-3-11)7-12-5-10-4-9(12)6-14-10;3*1-2/h9-10H,2-8H2,1H3;3*1-2H3. The Kier molecular flexibility index (Phi) is 10.5. The van der Waals surface area contributed by atoms with Crippen molar-refractivity contribution in [3.8, 4) is 0 Å². The van der Waals surface area contributed by atoms with Crippen LogP contribution in [0.5, 0.6) is 0 Å². The van der Waals surface area contributed by atoms with E-state index < -0.39 is 0 Å². The van der Waals surface area contributed by atoms with Gasteiger partial charge in [0.25, 0.3) is 0 Å². The maximum atomic E-state index is 5.60. The molecule has 3 aliphatic rings. The van der Waals surface area contributed by atoms with Crippen LogP contribution in [0.1, 0.15) is 60.8 Å². The second kappa shape index (κ2) is 10.6. The van der Waals surface area contributed by atoms with Crippen molar-refractivity contribution in [1.82, 2.24) is 4.90 Å². The van der Waals surface area contributed by atoms with Crippen LogP contribution in [-0.4, -0.2) is 50.5 Å². The minimum absolute atomic E-state index is 0.513. The monoisotopic (exact) mass is 287 g/mol. The number of nitrogens with zero attached hydrogens (tertiary/aromatic N) is 1. The molecule has 2 aliphatic heterocycles. The lowest BCUT2D eigenvalue weighted by molar-refractivity contribution is 0.0135. The molecule has 3 nitrogen and oxygen atoms in total. The van der Waals surface area contributed by atoms with Crippen molar-refractivity contribution in [2.45, 2.75) is 73.0 Å². The molecule has 1 aliphatic carbocycles. The average Bonchev–Trinajstić information content (AvgIpc) is 2.97. The van der Waals surface area contributed by atoms with Gasteiger partial charge in [0.2, 0.25) is 0 Å². The Bertz CT molecular complexity index is 229. The molecule has 122 valence electrons. The summed E-state index contributed by atoms with van der Waals surface area (Å²) < 4.78 is 10.9. The fourth-order valence-electron chi connectivity index (χ4n) is 2.93. The summed E-state index contributed by atoms with van der Waals surface area (Å²) >= 11 is 0. The Morgan fingerprint density at radius 2 is 1.70 bits per heavy atom. The van der Waals surface area contributed by atoms with Crippen LogP contribution >= 0.6 is 0 Å². The van der Waals surface area contributed by atoms with Crippen LogP contribution in [0, 0.1) is 5.41 Å². The smallest absolute Gasteiger partial charge is 0.0718 e. The molecule has 0 aromatic heterocycles. The largest absolute Gasteiger partial charge is 0.384 e. The predicted octanol–water partition coefficient (Wildman–Crippen LogP) is 3.96. The first-order chi connectivity index (χ1) is 9.81. The highest BCUT2D eigenvalue weighted by Crippen LogP contribution is 2.47. The van der Waals surface area contributed by atoms with Gasteiger partial charge in [-0.2, -0.15) is 0 Å². The van der Waals surface area contributed by atoms with Crippen LogP contribution in [0.15, 0.2) is 0 Å². The maximum absolute atomic E-state index is 5.60. The van der Waals surface area contributed by atoms with Crippen LogP contribution in [0.25, 0.3) is 0 Å². The van der Waals surface area contributed by atoms with Crippen LogP contribution in [-0.2, 0) is 9.47 Å². The molecule has 3 fully saturated rings. The van der Waals surface area contributed by atoms with Gasteiger partial charge in [-0.25, -0.2) is 0 Å². The van der Waals surface area contributed by atoms with Gasteiger partial charge in [-0.15, -0.1) is 0 Å². The summed E-state index contributed by atoms with van der Waals surface area (Å²) in [5, 5.41) is 0. The first-order valence-corrected chi connectivity index (χ1v) is 8.66. The van der Waals surface area contributed by atoms with Crippen LogP contribution < -0.4 is 0 Å². The van der Waals surface area contributed by atoms with Crippen molar-refractivity contribution in [3.05, 3.63) is 0 Å². The Balaban J connectivity index is 0.000000538. The molecule has 1 saturated carbocycles. The van der Waals surface area contributed by atoms with E-state index in [1.807, 2.05) is 48.7 Å². The van der Waals surface area contributed by atoms with Gasteiger partial charge in [-0.1, -0.05) is 41.5 Å². The van der Waals surface area contributed by atoms with Gasteiger partial charge < -0.3 is 9.47 Å². The minimum atomic E-state index is 0.513. The molecule has 0 aromatic rings. The van der Waals surface area contributed by atoms with E-state index in [0.29, 0.717) is 17.6 Å². The van der Waals surface area contributed by atoms with E-state index in [9.17, 15) is 0 Å². The predicted molar refractivity (Wildman–Crippen MR) is 87.3 cm³/mol. The molecule has 2 unspecified atom stereocenters. The van der Waals surface area contributed by atoms with E-state index >= 15 is 0 Å². The molecule has 0 radical (unpaired) electrons. The van der Waals surface area contributed by atoms with Gasteiger partial charge in [0.1, 0.15) is 0 Å². The van der Waals surface area contributed by atoms with Gasteiger partial charge in [0.15, 0.2) is 0 Å². The Hall–Kier alpha value is -0.120. The third kappa shape index (κ3) is 5.34. The molecule has 3 heteroatoms. The third-order valence-corrected chi connectivity index (χ3v) is 3.96. The molecule has 3 rings (SSSR count). The van der Waals surface area contributed by atoms with Crippen molar-refractivity contribution in [3.63, 3.8) is 0 Å². The van der Waals surface area contributed by atoms with Crippen molar-refractivity contribution < 1.29 is 9.47 Å². The van der Waals surface area contributed by atoms with Crippen molar-refractivity contribution >= 4 is 0 Å². The van der Waals surface area contributed by atoms with E-state index in [0.717, 1.165) is 19.8 Å². The van der Waals surface area contributed by atoms with Crippen molar-refractivity contribution in [2.24, 2.45) is 5.41 Å². The molecule has 0 spiro atoms. The zero-order valence-corrected chi connectivity index (χ0v) is 14.9. The van der Waals surface area contributed by atoms with Crippen LogP contribution in [0.2, 0.25) is 0 Å². The SMILES string of the molecule is CC.CC.CC.COCC1(CN2CC3CC2CO3)CC1. The molecule has 0 aromatic carbocycles. The summed E-state index contributed by atoms with van der Waals surface area (Å²) in [6.07, 6.45) is 4.52. The van der Waals surface area contributed by atoms with Gasteiger partial charge in [-0.05, 0) is 19.3 Å². The molecule has 20 heavy (non-hydrogen) atoms. The maximum Gasteiger partial charge on any atom is 0.0718 e. The zero-order chi connectivity index (χ0) is 15.6. The van der Waals surface area contributed by atoms with E-state index in [1.54, 1.807) is 0 Å². The zero-order valence-electron chi connectivity index (χ0n) is 14.9. The average molecular weight is 287 g/mol. The highest BCUT2D eigenvalue weighted by Gasteiger charge is 2.48. The lowest BCUT2D eigenvalue weighted by Crippen LogP contribution is -2.41. The second-order valence-electron chi connectivity index (χ2n) is 5.21. The highest BCUT2D eigenvalue weighted by molar-refractivity contribution is 5.00. The number of methoxy groups -OCH3 is 1.